The van der Waals surface area contributed by atoms with Crippen LogP contribution in [-0.2, 0) is 0 Å². The van der Waals surface area contributed by atoms with E-state index in [4.69, 9.17) is 10.5 Å². The Morgan fingerprint density at radius 2 is 2.23 bits per heavy atom. The molecule has 3 N–H and O–H groups in total. The summed E-state index contributed by atoms with van der Waals surface area (Å²) in [6.45, 7) is 0.634. The molecule has 1 aromatic heterocycles. The molecule has 134 valence electrons. The van der Waals surface area contributed by atoms with Gasteiger partial charge in [0.1, 0.15) is 17.3 Å². The Balaban J connectivity index is 1.62. The number of rotatable bonds is 2. The van der Waals surface area contributed by atoms with Crippen LogP contribution in [0, 0.1) is 11.7 Å². The van der Waals surface area contributed by atoms with Gasteiger partial charge in [0.15, 0.2) is 5.17 Å². The predicted octanol–water partition coefficient (Wildman–Crippen LogP) is 2.97. The van der Waals surface area contributed by atoms with Gasteiger partial charge < -0.3 is 15.8 Å². The molecule has 0 spiro atoms. The molecule has 0 saturated carbocycles. The molecule has 2 aliphatic heterocycles. The molecule has 2 unspecified atom stereocenters. The van der Waals surface area contributed by atoms with Crippen molar-refractivity contribution in [3.05, 3.63) is 53.6 Å². The summed E-state index contributed by atoms with van der Waals surface area (Å²) < 4.78 is 18.8. The maximum Gasteiger partial charge on any atom is 0.274 e. The molecule has 2 atom stereocenters. The highest BCUT2D eigenvalue weighted by Crippen LogP contribution is 2.42. The van der Waals surface area contributed by atoms with Crippen molar-refractivity contribution in [2.45, 2.75) is 12.5 Å². The first-order valence-corrected chi connectivity index (χ1v) is 9.24. The summed E-state index contributed by atoms with van der Waals surface area (Å²) in [5.41, 5.74) is 7.59. The third-order valence-electron chi connectivity index (χ3n) is 4.45. The molecule has 1 amide bonds. The monoisotopic (exact) mass is 372 g/mol. The Kier molecular flexibility index (Phi) is 4.50. The van der Waals surface area contributed by atoms with E-state index in [1.54, 1.807) is 17.8 Å². The van der Waals surface area contributed by atoms with Crippen LogP contribution < -0.4 is 15.8 Å². The van der Waals surface area contributed by atoms with E-state index in [9.17, 15) is 9.18 Å². The number of pyridine rings is 1. The summed E-state index contributed by atoms with van der Waals surface area (Å²) in [7, 11) is 0. The number of ether oxygens (including phenoxy) is 1. The molecular weight excluding hydrogens is 355 g/mol. The molecule has 6 nitrogen and oxygen atoms in total. The molecule has 0 aliphatic carbocycles. The van der Waals surface area contributed by atoms with Crippen LogP contribution in [0.1, 0.15) is 28.5 Å². The second-order valence-corrected chi connectivity index (χ2v) is 7.23. The molecule has 8 heteroatoms. The summed E-state index contributed by atoms with van der Waals surface area (Å²) in [6, 6.07) is 7.94. The number of thioether (sulfide) groups is 1. The highest BCUT2D eigenvalue weighted by atomic mass is 32.2. The van der Waals surface area contributed by atoms with E-state index < -0.39 is 11.7 Å². The summed E-state index contributed by atoms with van der Waals surface area (Å²) in [4.78, 5) is 20.7. The molecule has 2 aliphatic rings. The van der Waals surface area contributed by atoms with Gasteiger partial charge in [0.2, 0.25) is 0 Å². The van der Waals surface area contributed by atoms with Crippen LogP contribution in [-0.4, -0.2) is 28.4 Å². The summed E-state index contributed by atoms with van der Waals surface area (Å²) in [5, 5.41) is 3.36. The lowest BCUT2D eigenvalue weighted by Gasteiger charge is -2.26. The number of benzene rings is 1. The Labute approximate surface area is 154 Å². The first kappa shape index (κ1) is 16.8. The van der Waals surface area contributed by atoms with Gasteiger partial charge in [-0.2, -0.15) is 0 Å². The number of anilines is 1. The fraction of sp³-hybridized carbons (Fsp3) is 0.278. The van der Waals surface area contributed by atoms with Crippen LogP contribution in [0.5, 0.6) is 5.75 Å². The van der Waals surface area contributed by atoms with Gasteiger partial charge in [-0.05, 0) is 42.7 Å². The third kappa shape index (κ3) is 3.37. The molecule has 2 aromatic rings. The summed E-state index contributed by atoms with van der Waals surface area (Å²) in [6.07, 6.45) is 1.92. The number of aliphatic imine (C=N–C) groups is 1. The lowest BCUT2D eigenvalue weighted by atomic mass is 9.92. The number of hydrogen-bond donors (Lipinski definition) is 2. The number of carbonyl (C=O) groups excluding carboxylic acids is 1. The molecular formula is C18H17FN4O2S. The lowest BCUT2D eigenvalue weighted by Crippen LogP contribution is -2.24. The molecule has 4 rings (SSSR count). The average molecular weight is 372 g/mol. The smallest absolute Gasteiger partial charge is 0.274 e. The quantitative estimate of drug-likeness (QED) is 0.846. The highest BCUT2D eigenvalue weighted by molar-refractivity contribution is 8.13. The number of hydrogen-bond acceptors (Lipinski definition) is 6. The van der Waals surface area contributed by atoms with Crippen LogP contribution >= 0.6 is 11.8 Å². The normalized spacial score (nSPS) is 21.5. The van der Waals surface area contributed by atoms with Crippen molar-refractivity contribution in [1.29, 1.82) is 0 Å². The van der Waals surface area contributed by atoms with E-state index in [0.717, 1.165) is 29.7 Å². The zero-order chi connectivity index (χ0) is 18.1. The van der Waals surface area contributed by atoms with Crippen LogP contribution in [0.2, 0.25) is 0 Å². The Hall–Kier alpha value is -2.61. The molecule has 26 heavy (non-hydrogen) atoms. The van der Waals surface area contributed by atoms with Crippen molar-refractivity contribution in [1.82, 2.24) is 4.98 Å². The number of amidine groups is 1. The van der Waals surface area contributed by atoms with Gasteiger partial charge >= 0.3 is 0 Å². The van der Waals surface area contributed by atoms with Crippen LogP contribution in [0.3, 0.4) is 0 Å². The van der Waals surface area contributed by atoms with Crippen LogP contribution in [0.15, 0.2) is 41.5 Å². The number of amides is 1. The van der Waals surface area contributed by atoms with E-state index in [1.807, 2.05) is 12.1 Å². The first-order chi connectivity index (χ1) is 12.6. The maximum absolute atomic E-state index is 13.0. The zero-order valence-corrected chi connectivity index (χ0v) is 14.6. The van der Waals surface area contributed by atoms with Gasteiger partial charge in [0.25, 0.3) is 5.91 Å². The van der Waals surface area contributed by atoms with Gasteiger partial charge in [-0.15, -0.1) is 0 Å². The average Bonchev–Trinajstić information content (AvgIpc) is 2.81. The van der Waals surface area contributed by atoms with Gasteiger partial charge in [0, 0.05) is 17.0 Å². The highest BCUT2D eigenvalue weighted by Gasteiger charge is 2.32. The van der Waals surface area contributed by atoms with Gasteiger partial charge in [-0.3, -0.25) is 9.79 Å². The predicted molar refractivity (Wildman–Crippen MR) is 99.0 cm³/mol. The topological polar surface area (TPSA) is 89.6 Å². The Morgan fingerprint density at radius 3 is 3.04 bits per heavy atom. The number of aromatic nitrogens is 1. The number of nitrogens with one attached hydrogen (secondary N) is 1. The minimum Gasteiger partial charge on any atom is -0.493 e. The molecule has 0 bridgehead atoms. The minimum absolute atomic E-state index is 0.0745. The Bertz CT molecular complexity index is 872. The van der Waals surface area contributed by atoms with E-state index >= 15 is 0 Å². The largest absolute Gasteiger partial charge is 0.493 e. The van der Waals surface area contributed by atoms with Gasteiger partial charge in [0.05, 0.1) is 18.8 Å². The maximum atomic E-state index is 13.0. The first-order valence-electron chi connectivity index (χ1n) is 8.26. The van der Waals surface area contributed by atoms with Gasteiger partial charge in [-0.25, -0.2) is 9.37 Å². The fourth-order valence-corrected chi connectivity index (χ4v) is 4.06. The van der Waals surface area contributed by atoms with E-state index in [0.29, 0.717) is 23.4 Å². The molecule has 1 aromatic carbocycles. The molecule has 0 saturated heterocycles. The SMILES string of the molecule is NC1=NC2c3cc(NC(=O)c4ccc(F)cn4)ccc3OCCC2CS1. The van der Waals surface area contributed by atoms with Crippen LogP contribution in [0.4, 0.5) is 10.1 Å². The molecule has 3 heterocycles. The van der Waals surface area contributed by atoms with Crippen LogP contribution in [0.25, 0.3) is 0 Å². The van der Waals surface area contributed by atoms with Crippen molar-refractivity contribution in [3.8, 4) is 5.75 Å². The van der Waals surface area contributed by atoms with E-state index in [-0.39, 0.29) is 11.7 Å². The second-order valence-electron chi connectivity index (χ2n) is 6.19. The number of halogens is 1. The summed E-state index contributed by atoms with van der Waals surface area (Å²) >= 11 is 1.56. The zero-order valence-electron chi connectivity index (χ0n) is 13.8. The molecule has 0 fully saturated rings. The second kappa shape index (κ2) is 6.95. The third-order valence-corrected chi connectivity index (χ3v) is 5.45. The minimum atomic E-state index is -0.486. The van der Waals surface area contributed by atoms with Crippen molar-refractivity contribution in [3.63, 3.8) is 0 Å². The number of fused-ring (bicyclic) bond motifs is 3. The van der Waals surface area contributed by atoms with E-state index in [1.165, 1.54) is 12.1 Å². The number of nitrogens with zero attached hydrogens (tertiary/aromatic N) is 2. The Morgan fingerprint density at radius 1 is 1.35 bits per heavy atom. The lowest BCUT2D eigenvalue weighted by molar-refractivity contribution is 0.102. The van der Waals surface area contributed by atoms with Crippen molar-refractivity contribution in [2.24, 2.45) is 16.6 Å². The van der Waals surface area contributed by atoms with Crippen molar-refractivity contribution < 1.29 is 13.9 Å². The van der Waals surface area contributed by atoms with E-state index in [2.05, 4.69) is 15.3 Å². The summed E-state index contributed by atoms with van der Waals surface area (Å²) in [5.74, 6) is 1.12. The fourth-order valence-electron chi connectivity index (χ4n) is 3.14. The van der Waals surface area contributed by atoms with Crippen molar-refractivity contribution in [2.75, 3.05) is 17.7 Å². The molecule has 0 radical (unpaired) electrons. The number of carbonyl (C=O) groups is 1. The van der Waals surface area contributed by atoms with Crippen molar-refractivity contribution >= 4 is 28.5 Å². The number of nitrogens with two attached hydrogens (primary N) is 1. The van der Waals surface area contributed by atoms with Gasteiger partial charge in [-0.1, -0.05) is 11.8 Å². The standard InChI is InChI=1S/C18H17FN4O2S/c19-11-1-3-14(21-8-11)17(24)22-12-2-4-15-13(7-12)16-10(5-6-25-15)9-26-18(20)23-16/h1-4,7-8,10,16H,5-6,9H2,(H2,20,23)(H,22,24).